The molecule has 1 rings (SSSR count). The molecule has 0 aromatic carbocycles. The molecule has 1 saturated carbocycles. The summed E-state index contributed by atoms with van der Waals surface area (Å²) in [6.07, 6.45) is 5.12. The van der Waals surface area contributed by atoms with Crippen LogP contribution in [0.5, 0.6) is 0 Å². The summed E-state index contributed by atoms with van der Waals surface area (Å²) in [5.74, 6) is -0.955. The first-order valence-electron chi connectivity index (χ1n) is 7.41. The van der Waals surface area contributed by atoms with Crippen molar-refractivity contribution >= 4 is 17.9 Å². The molecule has 21 heavy (non-hydrogen) atoms. The summed E-state index contributed by atoms with van der Waals surface area (Å²) in [7, 11) is 1.54. The Bertz CT molecular complexity index is 378. The Balaban J connectivity index is 2.36. The van der Waals surface area contributed by atoms with Gasteiger partial charge in [0.2, 0.25) is 5.91 Å². The van der Waals surface area contributed by atoms with Gasteiger partial charge >= 0.3 is 12.0 Å². The van der Waals surface area contributed by atoms with Gasteiger partial charge in [0.05, 0.1) is 6.42 Å². The predicted octanol–water partition coefficient (Wildman–Crippen LogP) is 0.847. The molecule has 0 saturated heterocycles. The minimum atomic E-state index is -0.821. The van der Waals surface area contributed by atoms with Crippen LogP contribution in [0.2, 0.25) is 0 Å². The van der Waals surface area contributed by atoms with Crippen molar-refractivity contribution in [3.8, 4) is 0 Å². The van der Waals surface area contributed by atoms with Gasteiger partial charge in [0.1, 0.15) is 0 Å². The number of hydrogen-bond donors (Lipinski definition) is 4. The molecule has 0 aliphatic heterocycles. The van der Waals surface area contributed by atoms with Gasteiger partial charge in [0.25, 0.3) is 0 Å². The van der Waals surface area contributed by atoms with Gasteiger partial charge < -0.3 is 21.1 Å². The Morgan fingerprint density at radius 1 is 1.10 bits per heavy atom. The van der Waals surface area contributed by atoms with Gasteiger partial charge in [0, 0.05) is 26.6 Å². The normalized spacial score (nSPS) is 16.8. The zero-order valence-corrected chi connectivity index (χ0v) is 12.5. The highest BCUT2D eigenvalue weighted by atomic mass is 16.4. The van der Waals surface area contributed by atoms with Crippen LogP contribution in [0.4, 0.5) is 4.79 Å². The molecular formula is C14H25N3O4. The van der Waals surface area contributed by atoms with E-state index in [-0.39, 0.29) is 36.7 Å². The number of nitrogens with one attached hydrogen (secondary N) is 3. The third-order valence-corrected chi connectivity index (χ3v) is 3.98. The Morgan fingerprint density at radius 3 is 2.33 bits per heavy atom. The zero-order valence-electron chi connectivity index (χ0n) is 12.5. The molecule has 7 heteroatoms. The maximum atomic E-state index is 11.7. The minimum Gasteiger partial charge on any atom is -0.481 e. The monoisotopic (exact) mass is 299 g/mol. The second kappa shape index (κ2) is 8.49. The summed E-state index contributed by atoms with van der Waals surface area (Å²) in [6, 6.07) is -0.353. The van der Waals surface area contributed by atoms with Gasteiger partial charge in [-0.05, 0) is 18.3 Å². The van der Waals surface area contributed by atoms with E-state index in [2.05, 4.69) is 16.0 Å². The molecule has 0 atom stereocenters. The van der Waals surface area contributed by atoms with Crippen molar-refractivity contribution in [3.63, 3.8) is 0 Å². The van der Waals surface area contributed by atoms with Crippen LogP contribution in [-0.4, -0.2) is 43.2 Å². The van der Waals surface area contributed by atoms with E-state index in [0.29, 0.717) is 6.54 Å². The van der Waals surface area contributed by atoms with Gasteiger partial charge in [-0.1, -0.05) is 19.3 Å². The largest absolute Gasteiger partial charge is 0.481 e. The molecule has 0 aromatic rings. The molecule has 0 aromatic heterocycles. The number of carboxylic acids is 1. The lowest BCUT2D eigenvalue weighted by molar-refractivity contribution is -0.140. The van der Waals surface area contributed by atoms with E-state index in [0.717, 1.165) is 32.1 Å². The van der Waals surface area contributed by atoms with Crippen LogP contribution in [0, 0.1) is 5.41 Å². The molecule has 0 heterocycles. The third kappa shape index (κ3) is 6.46. The molecule has 0 spiro atoms. The highest BCUT2D eigenvalue weighted by Crippen LogP contribution is 2.38. The molecule has 0 bridgehead atoms. The first kappa shape index (κ1) is 17.3. The second-order valence-corrected chi connectivity index (χ2v) is 5.66. The van der Waals surface area contributed by atoms with Crippen molar-refractivity contribution in [2.45, 2.75) is 44.9 Å². The molecule has 0 radical (unpaired) electrons. The molecule has 4 N–H and O–H groups in total. The van der Waals surface area contributed by atoms with E-state index in [4.69, 9.17) is 5.11 Å². The van der Waals surface area contributed by atoms with Gasteiger partial charge in [-0.2, -0.15) is 0 Å². The predicted molar refractivity (Wildman–Crippen MR) is 77.9 cm³/mol. The van der Waals surface area contributed by atoms with E-state index in [1.54, 1.807) is 7.05 Å². The van der Waals surface area contributed by atoms with E-state index in [1.807, 2.05) is 0 Å². The maximum absolute atomic E-state index is 11.7. The number of amides is 3. The highest BCUT2D eigenvalue weighted by molar-refractivity contribution is 5.78. The molecule has 7 nitrogen and oxygen atoms in total. The number of carbonyl (C=O) groups excluding carboxylic acids is 2. The smallest absolute Gasteiger partial charge is 0.314 e. The summed E-state index contributed by atoms with van der Waals surface area (Å²) in [6.45, 7) is 0.628. The fraction of sp³-hybridized carbons (Fsp3) is 0.786. The lowest BCUT2D eigenvalue weighted by Gasteiger charge is -2.36. The number of aliphatic carboxylic acids is 1. The molecule has 120 valence electrons. The van der Waals surface area contributed by atoms with Crippen LogP contribution in [0.25, 0.3) is 0 Å². The number of urea groups is 1. The van der Waals surface area contributed by atoms with Gasteiger partial charge in [-0.25, -0.2) is 4.79 Å². The molecule has 3 amide bonds. The van der Waals surface area contributed by atoms with Crippen LogP contribution in [0.1, 0.15) is 44.9 Å². The minimum absolute atomic E-state index is 0.0888. The summed E-state index contributed by atoms with van der Waals surface area (Å²) in [5, 5.41) is 16.9. The van der Waals surface area contributed by atoms with Crippen LogP contribution < -0.4 is 16.0 Å². The quantitative estimate of drug-likeness (QED) is 0.559. The fourth-order valence-corrected chi connectivity index (χ4v) is 2.78. The SMILES string of the molecule is CNC(=O)CCNC(=O)NCC1(CC(=O)O)CCCCC1. The first-order valence-corrected chi connectivity index (χ1v) is 7.41. The molecule has 1 aliphatic rings. The number of carbonyl (C=O) groups is 3. The Labute approximate surface area is 124 Å². The van der Waals surface area contributed by atoms with Crippen molar-refractivity contribution in [1.29, 1.82) is 0 Å². The average molecular weight is 299 g/mol. The van der Waals surface area contributed by atoms with E-state index in [1.165, 1.54) is 0 Å². The molecular weight excluding hydrogens is 274 g/mol. The lowest BCUT2D eigenvalue weighted by atomic mass is 9.72. The van der Waals surface area contributed by atoms with Gasteiger partial charge in [0.15, 0.2) is 0 Å². The average Bonchev–Trinajstić information content (AvgIpc) is 2.45. The first-order chi connectivity index (χ1) is 9.97. The van der Waals surface area contributed by atoms with Crippen LogP contribution in [0.15, 0.2) is 0 Å². The highest BCUT2D eigenvalue weighted by Gasteiger charge is 2.34. The Morgan fingerprint density at radius 2 is 1.76 bits per heavy atom. The number of rotatable bonds is 7. The van der Waals surface area contributed by atoms with Crippen molar-refractivity contribution in [2.24, 2.45) is 5.41 Å². The maximum Gasteiger partial charge on any atom is 0.314 e. The molecule has 1 aliphatic carbocycles. The zero-order chi connectivity index (χ0) is 15.7. The van der Waals surface area contributed by atoms with Gasteiger partial charge in [-0.3, -0.25) is 9.59 Å². The number of hydrogen-bond acceptors (Lipinski definition) is 3. The van der Waals surface area contributed by atoms with Crippen LogP contribution in [-0.2, 0) is 9.59 Å². The van der Waals surface area contributed by atoms with E-state index in [9.17, 15) is 14.4 Å². The standard InChI is InChI=1S/C14H25N3O4/c1-15-11(18)5-8-16-13(21)17-10-14(9-12(19)20)6-3-2-4-7-14/h2-10H2,1H3,(H,15,18)(H,19,20)(H2,16,17,21). The lowest BCUT2D eigenvalue weighted by Crippen LogP contribution is -2.45. The Kier molecular flexibility index (Phi) is 6.98. The van der Waals surface area contributed by atoms with Gasteiger partial charge in [-0.15, -0.1) is 0 Å². The molecule has 1 fully saturated rings. The molecule has 0 unspecified atom stereocenters. The van der Waals surface area contributed by atoms with Crippen molar-refractivity contribution in [1.82, 2.24) is 16.0 Å². The van der Waals surface area contributed by atoms with Crippen LogP contribution in [0.3, 0.4) is 0 Å². The van der Waals surface area contributed by atoms with Crippen molar-refractivity contribution in [2.75, 3.05) is 20.1 Å². The van der Waals surface area contributed by atoms with E-state index < -0.39 is 5.97 Å². The number of carboxylic acid groups (broad SMARTS) is 1. The van der Waals surface area contributed by atoms with Crippen LogP contribution >= 0.6 is 0 Å². The third-order valence-electron chi connectivity index (χ3n) is 3.98. The fourth-order valence-electron chi connectivity index (χ4n) is 2.78. The summed E-state index contributed by atoms with van der Waals surface area (Å²) < 4.78 is 0. The Hall–Kier alpha value is -1.79. The van der Waals surface area contributed by atoms with Crippen molar-refractivity contribution < 1.29 is 19.5 Å². The summed E-state index contributed by atoms with van der Waals surface area (Å²) in [4.78, 5) is 33.7. The second-order valence-electron chi connectivity index (χ2n) is 5.66. The summed E-state index contributed by atoms with van der Waals surface area (Å²) >= 11 is 0. The van der Waals surface area contributed by atoms with Crippen molar-refractivity contribution in [3.05, 3.63) is 0 Å². The van der Waals surface area contributed by atoms with E-state index >= 15 is 0 Å². The summed E-state index contributed by atoms with van der Waals surface area (Å²) in [5.41, 5.74) is -0.331. The topological polar surface area (TPSA) is 108 Å².